The molecule has 0 amide bonds. The fraction of sp³-hybridized carbons (Fsp3) is 0.917. The zero-order chi connectivity index (χ0) is 12.0. The number of aliphatic hydroxyl groups is 1. The van der Waals surface area contributed by atoms with Crippen LogP contribution >= 0.6 is 0 Å². The number of carbonyl (C=O) groups is 1. The average Bonchev–Trinajstić information content (AvgIpc) is 2.27. The molecule has 0 aliphatic heterocycles. The topological polar surface area (TPSA) is 83.5 Å². The molecule has 1 saturated carbocycles. The molecule has 4 nitrogen and oxygen atoms in total. The van der Waals surface area contributed by atoms with Crippen LogP contribution < -0.4 is 5.73 Å². The highest BCUT2D eigenvalue weighted by Gasteiger charge is 2.21. The molecule has 0 aromatic carbocycles. The molecular weight excluding hydrogens is 206 g/mol. The van der Waals surface area contributed by atoms with Gasteiger partial charge in [0.05, 0.1) is 6.10 Å². The molecule has 1 aliphatic rings. The standard InChI is InChI=1S/C12H23NO3/c13-10(11(14)6-7-12(15)16)8-9-4-2-1-3-5-9/h9-11,14H,1-8,13H2,(H,15,16). The lowest BCUT2D eigenvalue weighted by atomic mass is 9.83. The van der Waals surface area contributed by atoms with Crippen LogP contribution in [0, 0.1) is 5.92 Å². The Kier molecular flexibility index (Phi) is 5.77. The molecule has 16 heavy (non-hydrogen) atoms. The molecule has 0 saturated heterocycles. The Morgan fingerprint density at radius 1 is 1.31 bits per heavy atom. The van der Waals surface area contributed by atoms with Gasteiger partial charge in [-0.25, -0.2) is 0 Å². The van der Waals surface area contributed by atoms with E-state index in [4.69, 9.17) is 10.8 Å². The molecule has 0 radical (unpaired) electrons. The van der Waals surface area contributed by atoms with Gasteiger partial charge in [0, 0.05) is 12.5 Å². The van der Waals surface area contributed by atoms with Gasteiger partial charge in [-0.2, -0.15) is 0 Å². The number of carboxylic acid groups (broad SMARTS) is 1. The highest BCUT2D eigenvalue weighted by atomic mass is 16.4. The van der Waals surface area contributed by atoms with Gasteiger partial charge in [0.2, 0.25) is 0 Å². The lowest BCUT2D eigenvalue weighted by Crippen LogP contribution is -2.37. The van der Waals surface area contributed by atoms with Crippen LogP contribution in [0.1, 0.15) is 51.4 Å². The van der Waals surface area contributed by atoms with E-state index in [-0.39, 0.29) is 18.9 Å². The summed E-state index contributed by atoms with van der Waals surface area (Å²) < 4.78 is 0. The van der Waals surface area contributed by atoms with Gasteiger partial charge in [0.15, 0.2) is 0 Å². The number of aliphatic hydroxyl groups excluding tert-OH is 1. The maximum absolute atomic E-state index is 10.4. The first kappa shape index (κ1) is 13.5. The maximum Gasteiger partial charge on any atom is 0.303 e. The van der Waals surface area contributed by atoms with E-state index < -0.39 is 12.1 Å². The monoisotopic (exact) mass is 229 g/mol. The summed E-state index contributed by atoms with van der Waals surface area (Å²) in [5, 5.41) is 18.2. The van der Waals surface area contributed by atoms with Gasteiger partial charge in [-0.1, -0.05) is 32.1 Å². The number of carboxylic acids is 1. The minimum atomic E-state index is -0.871. The van der Waals surface area contributed by atoms with E-state index in [9.17, 15) is 9.90 Å². The van der Waals surface area contributed by atoms with Gasteiger partial charge >= 0.3 is 5.97 Å². The average molecular weight is 229 g/mol. The van der Waals surface area contributed by atoms with Crippen LogP contribution in [0.15, 0.2) is 0 Å². The Morgan fingerprint density at radius 2 is 1.94 bits per heavy atom. The van der Waals surface area contributed by atoms with Crippen molar-refractivity contribution >= 4 is 5.97 Å². The van der Waals surface area contributed by atoms with Gasteiger partial charge in [-0.15, -0.1) is 0 Å². The molecule has 0 spiro atoms. The van der Waals surface area contributed by atoms with Crippen molar-refractivity contribution in [2.75, 3.05) is 0 Å². The summed E-state index contributed by atoms with van der Waals surface area (Å²) in [6.45, 7) is 0. The van der Waals surface area contributed by atoms with Crippen molar-refractivity contribution < 1.29 is 15.0 Å². The quantitative estimate of drug-likeness (QED) is 0.644. The van der Waals surface area contributed by atoms with Crippen molar-refractivity contribution in [2.24, 2.45) is 11.7 Å². The first-order valence-electron chi connectivity index (χ1n) is 6.25. The molecule has 1 fully saturated rings. The Balaban J connectivity index is 2.21. The number of nitrogens with two attached hydrogens (primary N) is 1. The van der Waals surface area contributed by atoms with Gasteiger partial charge in [0.25, 0.3) is 0 Å². The third-order valence-electron chi connectivity index (χ3n) is 3.48. The molecule has 0 aromatic heterocycles. The smallest absolute Gasteiger partial charge is 0.303 e. The van der Waals surface area contributed by atoms with E-state index in [1.165, 1.54) is 32.1 Å². The summed E-state index contributed by atoms with van der Waals surface area (Å²) in [5.41, 5.74) is 5.89. The SMILES string of the molecule is NC(CC1CCCCC1)C(O)CCC(=O)O. The molecule has 4 heteroatoms. The van der Waals surface area contributed by atoms with E-state index in [2.05, 4.69) is 0 Å². The van der Waals surface area contributed by atoms with Crippen LogP contribution in [0.3, 0.4) is 0 Å². The summed E-state index contributed by atoms with van der Waals surface area (Å²) in [6, 6.07) is -0.262. The van der Waals surface area contributed by atoms with Crippen molar-refractivity contribution in [3.8, 4) is 0 Å². The zero-order valence-electron chi connectivity index (χ0n) is 9.77. The summed E-state index contributed by atoms with van der Waals surface area (Å²) in [6.07, 6.45) is 6.69. The van der Waals surface area contributed by atoms with Gasteiger partial charge in [0.1, 0.15) is 0 Å². The Morgan fingerprint density at radius 3 is 2.50 bits per heavy atom. The van der Waals surface area contributed by atoms with E-state index in [1.54, 1.807) is 0 Å². The Labute approximate surface area is 96.8 Å². The van der Waals surface area contributed by atoms with E-state index >= 15 is 0 Å². The van der Waals surface area contributed by atoms with Gasteiger partial charge in [-0.05, 0) is 18.8 Å². The first-order valence-corrected chi connectivity index (χ1v) is 6.25. The van der Waals surface area contributed by atoms with E-state index in [1.807, 2.05) is 0 Å². The number of aliphatic carboxylic acids is 1. The number of hydrogen-bond donors (Lipinski definition) is 3. The predicted molar refractivity (Wildman–Crippen MR) is 62.0 cm³/mol. The second-order valence-electron chi connectivity index (χ2n) is 4.90. The summed E-state index contributed by atoms with van der Waals surface area (Å²) >= 11 is 0. The van der Waals surface area contributed by atoms with Crippen molar-refractivity contribution in [3.05, 3.63) is 0 Å². The molecule has 2 atom stereocenters. The molecule has 1 aliphatic carbocycles. The molecular formula is C12H23NO3. The van der Waals surface area contributed by atoms with Crippen LogP contribution in [-0.4, -0.2) is 28.3 Å². The van der Waals surface area contributed by atoms with Crippen molar-refractivity contribution in [3.63, 3.8) is 0 Å². The minimum Gasteiger partial charge on any atom is -0.481 e. The Bertz CT molecular complexity index is 214. The molecule has 1 rings (SSSR count). The highest BCUT2D eigenvalue weighted by Crippen LogP contribution is 2.27. The molecule has 0 aromatic rings. The second-order valence-corrected chi connectivity index (χ2v) is 4.90. The van der Waals surface area contributed by atoms with Crippen molar-refractivity contribution in [1.29, 1.82) is 0 Å². The van der Waals surface area contributed by atoms with E-state index in [0.717, 1.165) is 6.42 Å². The second kappa shape index (κ2) is 6.86. The fourth-order valence-corrected chi connectivity index (χ4v) is 2.45. The van der Waals surface area contributed by atoms with Crippen LogP contribution in [0.25, 0.3) is 0 Å². The van der Waals surface area contributed by atoms with Crippen LogP contribution in [-0.2, 0) is 4.79 Å². The fourth-order valence-electron chi connectivity index (χ4n) is 2.45. The van der Waals surface area contributed by atoms with Crippen LogP contribution in [0.5, 0.6) is 0 Å². The third kappa shape index (κ3) is 4.94. The van der Waals surface area contributed by atoms with Gasteiger partial charge in [-0.3, -0.25) is 4.79 Å². The highest BCUT2D eigenvalue weighted by molar-refractivity contribution is 5.66. The van der Waals surface area contributed by atoms with Gasteiger partial charge < -0.3 is 15.9 Å². The summed E-state index contributed by atoms with van der Waals surface area (Å²) in [4.78, 5) is 10.4. The van der Waals surface area contributed by atoms with Crippen LogP contribution in [0.2, 0.25) is 0 Å². The third-order valence-corrected chi connectivity index (χ3v) is 3.48. The van der Waals surface area contributed by atoms with Crippen molar-refractivity contribution in [2.45, 2.75) is 63.5 Å². The minimum absolute atomic E-state index is 0.000463. The maximum atomic E-state index is 10.4. The lowest BCUT2D eigenvalue weighted by molar-refractivity contribution is -0.137. The normalized spacial score (nSPS) is 21.6. The first-order chi connectivity index (χ1) is 7.59. The van der Waals surface area contributed by atoms with Crippen molar-refractivity contribution in [1.82, 2.24) is 0 Å². The molecule has 2 unspecified atom stereocenters. The molecule has 4 N–H and O–H groups in total. The summed E-state index contributed by atoms with van der Waals surface area (Å²) in [7, 11) is 0. The summed E-state index contributed by atoms with van der Waals surface area (Å²) in [5.74, 6) is -0.243. The molecule has 0 bridgehead atoms. The molecule has 0 heterocycles. The lowest BCUT2D eigenvalue weighted by Gasteiger charge is -2.26. The Hall–Kier alpha value is -0.610. The number of hydrogen-bond acceptors (Lipinski definition) is 3. The van der Waals surface area contributed by atoms with E-state index in [0.29, 0.717) is 5.92 Å². The largest absolute Gasteiger partial charge is 0.481 e. The predicted octanol–water partition coefficient (Wildman–Crippen LogP) is 1.51. The number of rotatable bonds is 6. The zero-order valence-corrected chi connectivity index (χ0v) is 9.77. The molecule has 94 valence electrons. The van der Waals surface area contributed by atoms with Crippen LogP contribution in [0.4, 0.5) is 0 Å².